The Balaban J connectivity index is 1.92. The van der Waals surface area contributed by atoms with Gasteiger partial charge in [0.25, 0.3) is 0 Å². The third-order valence-corrected chi connectivity index (χ3v) is 3.42. The van der Waals surface area contributed by atoms with Crippen molar-refractivity contribution in [2.45, 2.75) is 12.3 Å². The highest BCUT2D eigenvalue weighted by molar-refractivity contribution is 6.30. The molecule has 2 N–H and O–H groups in total. The van der Waals surface area contributed by atoms with Crippen LogP contribution in [-0.4, -0.2) is 41.6 Å². The molecule has 0 spiro atoms. The first-order valence-electron chi connectivity index (χ1n) is 6.06. The SMILES string of the molecule is O=C(O)CNC(=O)N1CC[C@H](c2cccc(Cl)c2)C1. The summed E-state index contributed by atoms with van der Waals surface area (Å²) in [4.78, 5) is 23.7. The lowest BCUT2D eigenvalue weighted by Crippen LogP contribution is -2.40. The molecular weight excluding hydrogens is 268 g/mol. The van der Waals surface area contributed by atoms with Crippen molar-refractivity contribution in [3.8, 4) is 0 Å². The minimum Gasteiger partial charge on any atom is -0.480 e. The molecule has 6 heteroatoms. The Morgan fingerprint density at radius 1 is 1.47 bits per heavy atom. The molecule has 2 rings (SSSR count). The van der Waals surface area contributed by atoms with Crippen LogP contribution in [0.2, 0.25) is 5.02 Å². The molecule has 1 aromatic rings. The van der Waals surface area contributed by atoms with Gasteiger partial charge in [-0.2, -0.15) is 0 Å². The van der Waals surface area contributed by atoms with Crippen molar-refractivity contribution in [2.24, 2.45) is 0 Å². The first kappa shape index (κ1) is 13.7. The Morgan fingerprint density at radius 3 is 2.95 bits per heavy atom. The first-order chi connectivity index (χ1) is 9.06. The van der Waals surface area contributed by atoms with Crippen LogP contribution in [-0.2, 0) is 4.79 Å². The van der Waals surface area contributed by atoms with E-state index in [4.69, 9.17) is 16.7 Å². The van der Waals surface area contributed by atoms with E-state index in [1.54, 1.807) is 4.90 Å². The second-order valence-electron chi connectivity index (χ2n) is 4.54. The summed E-state index contributed by atoms with van der Waals surface area (Å²) in [5.74, 6) is -0.784. The molecule has 1 aromatic carbocycles. The molecule has 102 valence electrons. The van der Waals surface area contributed by atoms with Crippen molar-refractivity contribution in [1.82, 2.24) is 10.2 Å². The summed E-state index contributed by atoms with van der Waals surface area (Å²) in [6.45, 7) is 0.867. The fraction of sp³-hybridized carbons (Fsp3) is 0.385. The summed E-state index contributed by atoms with van der Waals surface area (Å²) in [5, 5.41) is 11.6. The Hall–Kier alpha value is -1.75. The highest BCUT2D eigenvalue weighted by Crippen LogP contribution is 2.28. The normalized spacial score (nSPS) is 18.4. The predicted molar refractivity (Wildman–Crippen MR) is 71.4 cm³/mol. The summed E-state index contributed by atoms with van der Waals surface area (Å²) in [7, 11) is 0. The van der Waals surface area contributed by atoms with Crippen LogP contribution in [0, 0.1) is 0 Å². The number of halogens is 1. The molecule has 0 radical (unpaired) electrons. The Kier molecular flexibility index (Phi) is 4.27. The van der Waals surface area contributed by atoms with Crippen molar-refractivity contribution in [3.05, 3.63) is 34.9 Å². The molecular formula is C13H15ClN2O3. The number of carbonyl (C=O) groups is 2. The zero-order valence-electron chi connectivity index (χ0n) is 10.3. The number of likely N-dealkylation sites (tertiary alicyclic amines) is 1. The number of hydrogen-bond donors (Lipinski definition) is 2. The van der Waals surface area contributed by atoms with Crippen LogP contribution in [0.4, 0.5) is 4.79 Å². The number of amides is 2. The molecule has 0 aliphatic carbocycles. The lowest BCUT2D eigenvalue weighted by molar-refractivity contribution is -0.135. The molecule has 1 atom stereocenters. The molecule has 1 heterocycles. The molecule has 19 heavy (non-hydrogen) atoms. The van der Waals surface area contributed by atoms with Crippen molar-refractivity contribution in [3.63, 3.8) is 0 Å². The molecule has 1 fully saturated rings. The van der Waals surface area contributed by atoms with Gasteiger partial charge in [-0.15, -0.1) is 0 Å². The maximum absolute atomic E-state index is 11.7. The number of nitrogens with one attached hydrogen (secondary N) is 1. The standard InChI is InChI=1S/C13H15ClN2O3/c14-11-3-1-2-9(6-11)10-4-5-16(8-10)13(19)15-7-12(17)18/h1-3,6,10H,4-5,7-8H2,(H,15,19)(H,17,18)/t10-/m0/s1. The van der Waals surface area contributed by atoms with Crippen LogP contribution in [0.25, 0.3) is 0 Å². The minimum atomic E-state index is -1.04. The van der Waals surface area contributed by atoms with Crippen LogP contribution in [0.3, 0.4) is 0 Å². The van der Waals surface area contributed by atoms with Gasteiger partial charge in [-0.1, -0.05) is 23.7 Å². The van der Waals surface area contributed by atoms with Gasteiger partial charge >= 0.3 is 12.0 Å². The maximum atomic E-state index is 11.7. The van der Waals surface area contributed by atoms with Gasteiger partial charge < -0.3 is 15.3 Å². The van der Waals surface area contributed by atoms with Crippen molar-refractivity contribution in [2.75, 3.05) is 19.6 Å². The number of carboxylic acids is 1. The fourth-order valence-corrected chi connectivity index (χ4v) is 2.44. The van der Waals surface area contributed by atoms with Gasteiger partial charge in [-0.25, -0.2) is 4.79 Å². The van der Waals surface area contributed by atoms with Crippen LogP contribution in [0.5, 0.6) is 0 Å². The molecule has 2 amide bonds. The van der Waals surface area contributed by atoms with Gasteiger partial charge in [0.15, 0.2) is 0 Å². The van der Waals surface area contributed by atoms with Gasteiger partial charge in [0.1, 0.15) is 6.54 Å². The third kappa shape index (κ3) is 3.61. The van der Waals surface area contributed by atoms with E-state index in [-0.39, 0.29) is 18.5 Å². The van der Waals surface area contributed by atoms with E-state index in [9.17, 15) is 9.59 Å². The molecule has 0 unspecified atom stereocenters. The van der Waals surface area contributed by atoms with E-state index in [1.165, 1.54) is 0 Å². The highest BCUT2D eigenvalue weighted by Gasteiger charge is 2.27. The monoisotopic (exact) mass is 282 g/mol. The van der Waals surface area contributed by atoms with E-state index in [2.05, 4.69) is 5.32 Å². The van der Waals surface area contributed by atoms with Gasteiger partial charge in [0.05, 0.1) is 0 Å². The smallest absolute Gasteiger partial charge is 0.323 e. The molecule has 1 aliphatic rings. The number of aliphatic carboxylic acids is 1. The van der Waals surface area contributed by atoms with Crippen LogP contribution < -0.4 is 5.32 Å². The largest absolute Gasteiger partial charge is 0.480 e. The lowest BCUT2D eigenvalue weighted by atomic mass is 9.99. The molecule has 0 saturated carbocycles. The number of urea groups is 1. The number of nitrogens with zero attached hydrogens (tertiary/aromatic N) is 1. The second kappa shape index (κ2) is 5.93. The topological polar surface area (TPSA) is 69.6 Å². The van der Waals surface area contributed by atoms with Crippen LogP contribution >= 0.6 is 11.6 Å². The fourth-order valence-electron chi connectivity index (χ4n) is 2.24. The van der Waals surface area contributed by atoms with Crippen molar-refractivity contribution < 1.29 is 14.7 Å². The predicted octanol–water partition coefficient (Wildman–Crippen LogP) is 1.92. The molecule has 0 aromatic heterocycles. The van der Waals surface area contributed by atoms with E-state index in [1.807, 2.05) is 24.3 Å². The van der Waals surface area contributed by atoms with E-state index in [0.717, 1.165) is 12.0 Å². The Labute approximate surface area is 116 Å². The zero-order chi connectivity index (χ0) is 13.8. The summed E-state index contributed by atoms with van der Waals surface area (Å²) in [6, 6.07) is 7.29. The summed E-state index contributed by atoms with van der Waals surface area (Å²) in [6.07, 6.45) is 0.862. The molecule has 5 nitrogen and oxygen atoms in total. The lowest BCUT2D eigenvalue weighted by Gasteiger charge is -2.16. The van der Waals surface area contributed by atoms with Gasteiger partial charge in [0, 0.05) is 24.0 Å². The van der Waals surface area contributed by atoms with Crippen LogP contribution in [0.1, 0.15) is 17.9 Å². The first-order valence-corrected chi connectivity index (χ1v) is 6.44. The third-order valence-electron chi connectivity index (χ3n) is 3.19. The zero-order valence-corrected chi connectivity index (χ0v) is 11.1. The average Bonchev–Trinajstić information content (AvgIpc) is 2.85. The average molecular weight is 283 g/mol. The Bertz CT molecular complexity index is 493. The van der Waals surface area contributed by atoms with E-state index in [0.29, 0.717) is 18.1 Å². The summed E-state index contributed by atoms with van der Waals surface area (Å²) < 4.78 is 0. The number of carbonyl (C=O) groups excluding carboxylic acids is 1. The minimum absolute atomic E-state index is 0.259. The Morgan fingerprint density at radius 2 is 2.26 bits per heavy atom. The van der Waals surface area contributed by atoms with Crippen molar-refractivity contribution in [1.29, 1.82) is 0 Å². The quantitative estimate of drug-likeness (QED) is 0.890. The number of rotatable bonds is 3. The number of benzene rings is 1. The van der Waals surface area contributed by atoms with Gasteiger partial charge in [0.2, 0.25) is 0 Å². The second-order valence-corrected chi connectivity index (χ2v) is 4.98. The van der Waals surface area contributed by atoms with Gasteiger partial charge in [-0.3, -0.25) is 4.79 Å². The van der Waals surface area contributed by atoms with E-state index < -0.39 is 5.97 Å². The summed E-state index contributed by atoms with van der Waals surface area (Å²) in [5.41, 5.74) is 1.11. The van der Waals surface area contributed by atoms with Crippen molar-refractivity contribution >= 4 is 23.6 Å². The molecule has 1 saturated heterocycles. The molecule has 0 bridgehead atoms. The molecule has 1 aliphatic heterocycles. The maximum Gasteiger partial charge on any atom is 0.323 e. The summed E-state index contributed by atoms with van der Waals surface area (Å²) >= 11 is 5.95. The van der Waals surface area contributed by atoms with Gasteiger partial charge in [-0.05, 0) is 24.1 Å². The van der Waals surface area contributed by atoms with Crippen LogP contribution in [0.15, 0.2) is 24.3 Å². The highest BCUT2D eigenvalue weighted by atomic mass is 35.5. The number of carboxylic acid groups (broad SMARTS) is 1. The van der Waals surface area contributed by atoms with E-state index >= 15 is 0 Å². The number of hydrogen-bond acceptors (Lipinski definition) is 2.